The lowest BCUT2D eigenvalue weighted by atomic mass is 10.1. The third kappa shape index (κ3) is 4.90. The van der Waals surface area contributed by atoms with Gasteiger partial charge in [-0.2, -0.15) is 0 Å². The number of rotatable bonds is 7. The monoisotopic (exact) mass is 469 g/mol. The zero-order valence-corrected chi connectivity index (χ0v) is 19.4. The van der Waals surface area contributed by atoms with E-state index in [2.05, 4.69) is 4.90 Å². The number of ether oxygens (including phenoxy) is 4. The van der Waals surface area contributed by atoms with E-state index in [4.69, 9.17) is 23.9 Å². The highest BCUT2D eigenvalue weighted by atomic mass is 32.1. The number of hydrogen-bond acceptors (Lipinski definition) is 8. The molecule has 1 fully saturated rings. The molecule has 3 heterocycles. The highest BCUT2D eigenvalue weighted by Gasteiger charge is 2.24. The molecule has 0 bridgehead atoms. The Bertz CT molecular complexity index is 1130. The van der Waals surface area contributed by atoms with Gasteiger partial charge in [-0.15, -0.1) is 0 Å². The SMILES string of the molecule is CCOc1ccc2nc(N(CCN3CCOCC3)C(=O)c3ccc4c(c3)OCCO4)sc2c1. The topological polar surface area (TPSA) is 73.4 Å². The van der Waals surface area contributed by atoms with Gasteiger partial charge in [0.05, 0.1) is 30.0 Å². The second-order valence-electron chi connectivity index (χ2n) is 7.83. The van der Waals surface area contributed by atoms with Crippen LogP contribution >= 0.6 is 11.3 Å². The quantitative estimate of drug-likeness (QED) is 0.525. The molecule has 5 rings (SSSR count). The zero-order chi connectivity index (χ0) is 22.6. The van der Waals surface area contributed by atoms with E-state index in [0.29, 0.717) is 48.6 Å². The molecule has 1 saturated heterocycles. The molecule has 0 unspecified atom stereocenters. The number of amides is 1. The predicted molar refractivity (Wildman–Crippen MR) is 127 cm³/mol. The van der Waals surface area contributed by atoms with Crippen molar-refractivity contribution in [2.45, 2.75) is 6.92 Å². The number of morpholine rings is 1. The highest BCUT2D eigenvalue weighted by molar-refractivity contribution is 7.22. The van der Waals surface area contributed by atoms with Gasteiger partial charge in [-0.1, -0.05) is 11.3 Å². The van der Waals surface area contributed by atoms with Crippen LogP contribution in [0.15, 0.2) is 36.4 Å². The summed E-state index contributed by atoms with van der Waals surface area (Å²) in [6.45, 7) is 8.01. The standard InChI is InChI=1S/C24H27N3O5S/c1-2-30-18-4-5-19-22(16-18)33-24(25-19)27(8-7-26-9-11-29-12-10-26)23(28)17-3-6-20-21(15-17)32-14-13-31-20/h3-6,15-16H,2,7-14H2,1H3. The number of aromatic nitrogens is 1. The number of anilines is 1. The fraction of sp³-hybridized carbons (Fsp3) is 0.417. The highest BCUT2D eigenvalue weighted by Crippen LogP contribution is 2.34. The summed E-state index contributed by atoms with van der Waals surface area (Å²) < 4.78 is 23.4. The van der Waals surface area contributed by atoms with Crippen molar-refractivity contribution in [2.24, 2.45) is 0 Å². The van der Waals surface area contributed by atoms with Gasteiger partial charge in [0.1, 0.15) is 19.0 Å². The van der Waals surface area contributed by atoms with Crippen molar-refractivity contribution in [1.29, 1.82) is 0 Å². The molecule has 0 saturated carbocycles. The number of benzene rings is 2. The van der Waals surface area contributed by atoms with Crippen LogP contribution in [0.3, 0.4) is 0 Å². The fourth-order valence-electron chi connectivity index (χ4n) is 3.95. The number of fused-ring (bicyclic) bond motifs is 2. The molecule has 0 N–H and O–H groups in total. The molecule has 3 aromatic rings. The van der Waals surface area contributed by atoms with Gasteiger partial charge in [0.15, 0.2) is 16.6 Å². The predicted octanol–water partition coefficient (Wildman–Crippen LogP) is 3.45. The van der Waals surface area contributed by atoms with E-state index in [0.717, 1.165) is 48.8 Å². The second kappa shape index (κ2) is 9.94. The summed E-state index contributed by atoms with van der Waals surface area (Å²) in [7, 11) is 0. The largest absolute Gasteiger partial charge is 0.494 e. The van der Waals surface area contributed by atoms with E-state index in [9.17, 15) is 4.79 Å². The summed E-state index contributed by atoms with van der Waals surface area (Å²) in [5.74, 6) is 1.97. The molecular weight excluding hydrogens is 442 g/mol. The average Bonchev–Trinajstić information content (AvgIpc) is 3.27. The fourth-order valence-corrected chi connectivity index (χ4v) is 4.97. The smallest absolute Gasteiger partial charge is 0.260 e. The van der Waals surface area contributed by atoms with Crippen LogP contribution in [0.25, 0.3) is 10.2 Å². The summed E-state index contributed by atoms with van der Waals surface area (Å²) in [5, 5.41) is 0.673. The Morgan fingerprint density at radius 1 is 1.09 bits per heavy atom. The van der Waals surface area contributed by atoms with Gasteiger partial charge in [-0.25, -0.2) is 4.98 Å². The van der Waals surface area contributed by atoms with E-state index in [1.807, 2.05) is 25.1 Å². The van der Waals surface area contributed by atoms with Gasteiger partial charge in [0.2, 0.25) is 0 Å². The molecule has 0 atom stereocenters. The molecule has 174 valence electrons. The average molecular weight is 470 g/mol. The van der Waals surface area contributed by atoms with Crippen molar-refractivity contribution >= 4 is 32.6 Å². The van der Waals surface area contributed by atoms with E-state index >= 15 is 0 Å². The summed E-state index contributed by atoms with van der Waals surface area (Å²) in [6.07, 6.45) is 0. The van der Waals surface area contributed by atoms with Gasteiger partial charge in [0, 0.05) is 31.7 Å². The molecule has 1 aromatic heterocycles. The first-order valence-corrected chi connectivity index (χ1v) is 12.1. The van der Waals surface area contributed by atoms with Crippen LogP contribution in [0.4, 0.5) is 5.13 Å². The molecule has 33 heavy (non-hydrogen) atoms. The normalized spacial score (nSPS) is 16.0. The Hall–Kier alpha value is -2.88. The lowest BCUT2D eigenvalue weighted by Crippen LogP contribution is -2.43. The third-order valence-corrected chi connectivity index (χ3v) is 6.71. The van der Waals surface area contributed by atoms with E-state index in [-0.39, 0.29) is 5.91 Å². The lowest BCUT2D eigenvalue weighted by Gasteiger charge is -2.29. The van der Waals surface area contributed by atoms with Crippen molar-refractivity contribution in [1.82, 2.24) is 9.88 Å². The Balaban J connectivity index is 1.44. The van der Waals surface area contributed by atoms with Gasteiger partial charge in [0.25, 0.3) is 5.91 Å². The van der Waals surface area contributed by atoms with E-state index < -0.39 is 0 Å². The van der Waals surface area contributed by atoms with Crippen LogP contribution in [0.1, 0.15) is 17.3 Å². The van der Waals surface area contributed by atoms with Crippen LogP contribution in [-0.2, 0) is 4.74 Å². The molecule has 2 aliphatic heterocycles. The van der Waals surface area contributed by atoms with Crippen molar-refractivity contribution in [3.63, 3.8) is 0 Å². The molecule has 0 aliphatic carbocycles. The van der Waals surface area contributed by atoms with Crippen LogP contribution in [0, 0.1) is 0 Å². The van der Waals surface area contributed by atoms with Crippen LogP contribution < -0.4 is 19.1 Å². The molecule has 1 amide bonds. The maximum atomic E-state index is 13.7. The van der Waals surface area contributed by atoms with Gasteiger partial charge in [-0.05, 0) is 43.3 Å². The molecule has 9 heteroatoms. The number of carbonyl (C=O) groups is 1. The van der Waals surface area contributed by atoms with Crippen molar-refractivity contribution in [3.8, 4) is 17.2 Å². The first-order valence-electron chi connectivity index (χ1n) is 11.3. The Kier molecular flexibility index (Phi) is 6.61. The molecular formula is C24H27N3O5S. The number of hydrogen-bond donors (Lipinski definition) is 0. The van der Waals surface area contributed by atoms with Gasteiger partial charge in [-0.3, -0.25) is 14.6 Å². The van der Waals surface area contributed by atoms with Crippen molar-refractivity contribution < 1.29 is 23.7 Å². The van der Waals surface area contributed by atoms with Crippen LogP contribution in [0.2, 0.25) is 0 Å². The second-order valence-corrected chi connectivity index (χ2v) is 8.84. The molecule has 8 nitrogen and oxygen atoms in total. The number of thiazole rings is 1. The molecule has 2 aliphatic rings. The van der Waals surface area contributed by atoms with Crippen molar-refractivity contribution in [3.05, 3.63) is 42.0 Å². The van der Waals surface area contributed by atoms with Gasteiger partial charge < -0.3 is 18.9 Å². The molecule has 2 aromatic carbocycles. The summed E-state index contributed by atoms with van der Waals surface area (Å²) in [6, 6.07) is 11.2. The molecule has 0 radical (unpaired) electrons. The Labute approximate surface area is 196 Å². The summed E-state index contributed by atoms with van der Waals surface area (Å²) in [5.41, 5.74) is 1.40. The Morgan fingerprint density at radius 2 is 1.91 bits per heavy atom. The Morgan fingerprint density at radius 3 is 2.73 bits per heavy atom. The minimum atomic E-state index is -0.107. The summed E-state index contributed by atoms with van der Waals surface area (Å²) in [4.78, 5) is 22.5. The number of carbonyl (C=O) groups excluding carboxylic acids is 1. The zero-order valence-electron chi connectivity index (χ0n) is 18.6. The van der Waals surface area contributed by atoms with E-state index in [1.54, 1.807) is 23.1 Å². The maximum Gasteiger partial charge on any atom is 0.260 e. The molecule has 0 spiro atoms. The summed E-state index contributed by atoms with van der Waals surface area (Å²) >= 11 is 1.50. The number of nitrogens with zero attached hydrogens (tertiary/aromatic N) is 3. The first kappa shape index (κ1) is 21.9. The van der Waals surface area contributed by atoms with Gasteiger partial charge >= 0.3 is 0 Å². The third-order valence-electron chi connectivity index (χ3n) is 5.67. The van der Waals surface area contributed by atoms with Crippen LogP contribution in [-0.4, -0.2) is 75.0 Å². The van der Waals surface area contributed by atoms with Crippen LogP contribution in [0.5, 0.6) is 17.2 Å². The minimum absolute atomic E-state index is 0.107. The van der Waals surface area contributed by atoms with Crippen molar-refractivity contribution in [2.75, 3.05) is 64.1 Å². The minimum Gasteiger partial charge on any atom is -0.494 e. The van der Waals surface area contributed by atoms with E-state index in [1.165, 1.54) is 11.3 Å². The first-order chi connectivity index (χ1) is 16.2. The lowest BCUT2D eigenvalue weighted by molar-refractivity contribution is 0.0391. The maximum absolute atomic E-state index is 13.7.